The van der Waals surface area contributed by atoms with Crippen LogP contribution >= 0.6 is 0 Å². The summed E-state index contributed by atoms with van der Waals surface area (Å²) in [4.78, 5) is 2.08. The zero-order chi connectivity index (χ0) is 16.8. The number of nitrogens with one attached hydrogen (secondary N) is 1. The van der Waals surface area contributed by atoms with Gasteiger partial charge in [0, 0.05) is 37.6 Å². The summed E-state index contributed by atoms with van der Waals surface area (Å²) in [6.45, 7) is 4.72. The van der Waals surface area contributed by atoms with Crippen LogP contribution in [0.2, 0.25) is 0 Å². The highest BCUT2D eigenvalue weighted by Gasteiger charge is 2.12. The third-order valence-electron chi connectivity index (χ3n) is 3.50. The van der Waals surface area contributed by atoms with Crippen LogP contribution in [0.25, 0.3) is 0 Å². The van der Waals surface area contributed by atoms with Gasteiger partial charge in [-0.25, -0.2) is 0 Å². The Kier molecular flexibility index (Phi) is 5.74. The van der Waals surface area contributed by atoms with Crippen molar-refractivity contribution in [3.05, 3.63) is 48.0 Å². The number of nitrogens with zero attached hydrogens (tertiary/aromatic N) is 1. The van der Waals surface area contributed by atoms with Crippen LogP contribution in [-0.4, -0.2) is 27.3 Å². The third-order valence-corrected chi connectivity index (χ3v) is 3.50. The van der Waals surface area contributed by atoms with Gasteiger partial charge in [0.05, 0.1) is 13.2 Å². The lowest BCUT2D eigenvalue weighted by Crippen LogP contribution is -2.11. The van der Waals surface area contributed by atoms with Gasteiger partial charge in [0.15, 0.2) is 11.5 Å². The minimum atomic E-state index is 0.101. The monoisotopic (exact) mass is 314 g/mol. The first-order chi connectivity index (χ1) is 11.0. The van der Waals surface area contributed by atoms with Crippen molar-refractivity contribution in [1.29, 1.82) is 0 Å². The molecule has 124 valence electrons. The largest absolute Gasteiger partial charge is 0.493 e. The number of ether oxygens (including phenoxy) is 2. The van der Waals surface area contributed by atoms with Gasteiger partial charge in [0.1, 0.15) is 0 Å². The van der Waals surface area contributed by atoms with E-state index >= 15 is 0 Å². The highest BCUT2D eigenvalue weighted by molar-refractivity contribution is 5.55. The van der Waals surface area contributed by atoms with E-state index in [1.54, 1.807) is 7.11 Å². The fourth-order valence-corrected chi connectivity index (χ4v) is 2.31. The van der Waals surface area contributed by atoms with Crippen LogP contribution in [0, 0.1) is 0 Å². The summed E-state index contributed by atoms with van der Waals surface area (Å²) < 4.78 is 11.4. The second-order valence-electron chi connectivity index (χ2n) is 5.91. The van der Waals surface area contributed by atoms with Crippen molar-refractivity contribution in [2.75, 3.05) is 31.4 Å². The first-order valence-electron chi connectivity index (χ1n) is 7.85. The van der Waals surface area contributed by atoms with E-state index in [1.807, 2.05) is 40.1 Å². The normalized spacial score (nSPS) is 10.5. The van der Waals surface area contributed by atoms with Crippen LogP contribution in [0.15, 0.2) is 42.5 Å². The first kappa shape index (κ1) is 17.0. The molecule has 2 aromatic carbocycles. The number of methoxy groups -OCH3 is 1. The molecule has 2 aromatic rings. The highest BCUT2D eigenvalue weighted by atomic mass is 16.5. The molecular formula is C19H26N2O2. The molecule has 0 aromatic heterocycles. The third kappa shape index (κ3) is 4.55. The van der Waals surface area contributed by atoms with Crippen LogP contribution in [0.5, 0.6) is 11.5 Å². The molecule has 2 rings (SSSR count). The van der Waals surface area contributed by atoms with Gasteiger partial charge in [-0.2, -0.15) is 0 Å². The molecule has 0 saturated heterocycles. The smallest absolute Gasteiger partial charge is 0.166 e. The summed E-state index contributed by atoms with van der Waals surface area (Å²) in [5.74, 6) is 1.57. The lowest BCUT2D eigenvalue weighted by atomic mass is 10.1. The van der Waals surface area contributed by atoms with Crippen molar-refractivity contribution in [2.45, 2.75) is 26.5 Å². The molecule has 1 N–H and O–H groups in total. The van der Waals surface area contributed by atoms with E-state index in [-0.39, 0.29) is 6.10 Å². The van der Waals surface area contributed by atoms with E-state index in [4.69, 9.17) is 9.47 Å². The maximum atomic E-state index is 5.93. The zero-order valence-electron chi connectivity index (χ0n) is 14.6. The molecular weight excluding hydrogens is 288 g/mol. The fourth-order valence-electron chi connectivity index (χ4n) is 2.31. The van der Waals surface area contributed by atoms with Gasteiger partial charge in [-0.3, -0.25) is 0 Å². The average Bonchev–Trinajstić information content (AvgIpc) is 2.53. The molecule has 0 aliphatic rings. The molecule has 23 heavy (non-hydrogen) atoms. The topological polar surface area (TPSA) is 33.7 Å². The lowest BCUT2D eigenvalue weighted by Gasteiger charge is -2.18. The van der Waals surface area contributed by atoms with Gasteiger partial charge < -0.3 is 19.7 Å². The SMILES string of the molecule is COc1cccc(CNc2ccc(N(C)C)cc2)c1OC(C)C. The molecule has 0 unspecified atom stereocenters. The maximum Gasteiger partial charge on any atom is 0.166 e. The molecule has 0 radical (unpaired) electrons. The van der Waals surface area contributed by atoms with Crippen molar-refractivity contribution in [3.63, 3.8) is 0 Å². The Hall–Kier alpha value is -2.36. The number of hydrogen-bond donors (Lipinski definition) is 1. The van der Waals surface area contributed by atoms with Gasteiger partial charge in [-0.05, 0) is 44.2 Å². The zero-order valence-corrected chi connectivity index (χ0v) is 14.6. The van der Waals surface area contributed by atoms with Gasteiger partial charge >= 0.3 is 0 Å². The fraction of sp³-hybridized carbons (Fsp3) is 0.368. The molecule has 0 fully saturated rings. The van der Waals surface area contributed by atoms with E-state index in [9.17, 15) is 0 Å². The number of hydrogen-bond acceptors (Lipinski definition) is 4. The van der Waals surface area contributed by atoms with Gasteiger partial charge in [-0.15, -0.1) is 0 Å². The predicted molar refractivity (Wildman–Crippen MR) is 96.9 cm³/mol. The summed E-state index contributed by atoms with van der Waals surface area (Å²) >= 11 is 0. The van der Waals surface area contributed by atoms with Crippen LogP contribution in [0.4, 0.5) is 11.4 Å². The summed E-state index contributed by atoms with van der Waals surface area (Å²) in [6, 6.07) is 14.3. The molecule has 0 aliphatic carbocycles. The summed E-state index contributed by atoms with van der Waals surface area (Å²) in [5.41, 5.74) is 3.34. The van der Waals surface area contributed by atoms with Crippen molar-refractivity contribution < 1.29 is 9.47 Å². The molecule has 0 spiro atoms. The number of benzene rings is 2. The Morgan fingerprint density at radius 1 is 1.04 bits per heavy atom. The van der Waals surface area contributed by atoms with Crippen molar-refractivity contribution in [1.82, 2.24) is 0 Å². The van der Waals surface area contributed by atoms with Crippen LogP contribution in [-0.2, 0) is 6.54 Å². The Labute approximate surface area is 139 Å². The minimum absolute atomic E-state index is 0.101. The highest BCUT2D eigenvalue weighted by Crippen LogP contribution is 2.32. The maximum absolute atomic E-state index is 5.93. The Morgan fingerprint density at radius 2 is 1.74 bits per heavy atom. The van der Waals surface area contributed by atoms with Gasteiger partial charge in [0.2, 0.25) is 0 Å². The van der Waals surface area contributed by atoms with E-state index < -0.39 is 0 Å². The number of anilines is 2. The summed E-state index contributed by atoms with van der Waals surface area (Å²) in [5, 5.41) is 3.44. The molecule has 0 heterocycles. The summed E-state index contributed by atoms with van der Waals surface area (Å²) in [7, 11) is 5.74. The molecule has 0 bridgehead atoms. The average molecular weight is 314 g/mol. The summed E-state index contributed by atoms with van der Waals surface area (Å²) in [6.07, 6.45) is 0.101. The lowest BCUT2D eigenvalue weighted by molar-refractivity contribution is 0.228. The molecule has 0 saturated carbocycles. The molecule has 4 nitrogen and oxygen atoms in total. The minimum Gasteiger partial charge on any atom is -0.493 e. The first-order valence-corrected chi connectivity index (χ1v) is 7.85. The van der Waals surface area contributed by atoms with Crippen LogP contribution < -0.4 is 19.7 Å². The van der Waals surface area contributed by atoms with E-state index in [2.05, 4.69) is 40.5 Å². The van der Waals surface area contributed by atoms with E-state index in [0.29, 0.717) is 6.54 Å². The van der Waals surface area contributed by atoms with Crippen LogP contribution in [0.1, 0.15) is 19.4 Å². The Bertz CT molecular complexity index is 622. The van der Waals surface area contributed by atoms with Crippen molar-refractivity contribution in [3.8, 4) is 11.5 Å². The van der Waals surface area contributed by atoms with Crippen molar-refractivity contribution >= 4 is 11.4 Å². The number of para-hydroxylation sites is 1. The molecule has 0 aliphatic heterocycles. The standard InChI is InChI=1S/C19H26N2O2/c1-14(2)23-19-15(7-6-8-18(19)22-5)13-20-16-9-11-17(12-10-16)21(3)4/h6-12,14,20H,13H2,1-5H3. The van der Waals surface area contributed by atoms with Gasteiger partial charge in [0.25, 0.3) is 0 Å². The second-order valence-corrected chi connectivity index (χ2v) is 5.91. The predicted octanol–water partition coefficient (Wildman–Crippen LogP) is 4.16. The molecule has 0 atom stereocenters. The number of rotatable bonds is 7. The van der Waals surface area contributed by atoms with Crippen molar-refractivity contribution in [2.24, 2.45) is 0 Å². The van der Waals surface area contributed by atoms with E-state index in [1.165, 1.54) is 5.69 Å². The second kappa shape index (κ2) is 7.77. The Balaban J connectivity index is 2.13. The van der Waals surface area contributed by atoms with Crippen LogP contribution in [0.3, 0.4) is 0 Å². The molecule has 0 amide bonds. The Morgan fingerprint density at radius 3 is 2.30 bits per heavy atom. The van der Waals surface area contributed by atoms with E-state index in [0.717, 1.165) is 22.7 Å². The van der Waals surface area contributed by atoms with Gasteiger partial charge in [-0.1, -0.05) is 12.1 Å². The molecule has 4 heteroatoms. The quantitative estimate of drug-likeness (QED) is 0.832.